The Kier molecular flexibility index (Phi) is 5.53. The Hall–Kier alpha value is -3.60. The van der Waals surface area contributed by atoms with E-state index in [1.54, 1.807) is 0 Å². The van der Waals surface area contributed by atoms with Gasteiger partial charge in [-0.15, -0.1) is 0 Å². The third-order valence-electron chi connectivity index (χ3n) is 5.14. The van der Waals surface area contributed by atoms with Crippen molar-refractivity contribution in [3.8, 4) is 5.75 Å². The topological polar surface area (TPSA) is 56.2 Å². The Bertz CT molecular complexity index is 1190. The molecule has 0 aliphatic heterocycles. The number of rotatable bonds is 6. The molecular weight excluding hydrogens is 374 g/mol. The Morgan fingerprint density at radius 1 is 0.967 bits per heavy atom. The van der Waals surface area contributed by atoms with Crippen LogP contribution in [0.25, 0.3) is 11.0 Å². The van der Waals surface area contributed by atoms with Crippen molar-refractivity contribution in [2.45, 2.75) is 33.9 Å². The molecule has 0 unspecified atom stereocenters. The molecule has 30 heavy (non-hydrogen) atoms. The van der Waals surface area contributed by atoms with Gasteiger partial charge in [0.25, 0.3) is 0 Å². The predicted octanol–water partition coefficient (Wildman–Crippen LogP) is 5.18. The number of para-hydroxylation sites is 3. The molecule has 1 N–H and O–H groups in total. The van der Waals surface area contributed by atoms with Gasteiger partial charge >= 0.3 is 0 Å². The average molecular weight is 399 g/mol. The lowest BCUT2D eigenvalue weighted by Gasteiger charge is -2.14. The number of anilines is 1. The number of ether oxygens (including phenoxy) is 1. The summed E-state index contributed by atoms with van der Waals surface area (Å²) in [6, 6.07) is 21.7. The number of nitrogens with one attached hydrogen (secondary N) is 1. The molecule has 3 aromatic carbocycles. The molecule has 0 spiro atoms. The number of aromatic nitrogens is 2. The maximum atomic E-state index is 12.9. The number of hydrogen-bond acceptors (Lipinski definition) is 3. The first kappa shape index (κ1) is 19.7. The Balaban J connectivity index is 1.59. The summed E-state index contributed by atoms with van der Waals surface area (Å²) in [5, 5.41) is 3.06. The van der Waals surface area contributed by atoms with Crippen LogP contribution in [0.4, 0.5) is 5.69 Å². The molecule has 1 heterocycles. The number of amides is 1. The number of benzene rings is 3. The molecule has 4 rings (SSSR count). The summed E-state index contributed by atoms with van der Waals surface area (Å²) in [7, 11) is 0. The lowest BCUT2D eigenvalue weighted by Crippen LogP contribution is -2.21. The number of fused-ring (bicyclic) bond motifs is 1. The van der Waals surface area contributed by atoms with Crippen LogP contribution in [-0.4, -0.2) is 15.5 Å². The van der Waals surface area contributed by atoms with Crippen molar-refractivity contribution in [3.05, 3.63) is 89.2 Å². The van der Waals surface area contributed by atoms with E-state index in [9.17, 15) is 4.79 Å². The molecule has 0 fully saturated rings. The first-order valence-electron chi connectivity index (χ1n) is 10.0. The second-order valence-electron chi connectivity index (χ2n) is 7.52. The molecule has 152 valence electrons. The molecule has 5 nitrogen and oxygen atoms in total. The zero-order chi connectivity index (χ0) is 21.1. The van der Waals surface area contributed by atoms with Crippen molar-refractivity contribution in [1.82, 2.24) is 9.55 Å². The molecule has 0 bridgehead atoms. The number of nitrogens with zero attached hydrogens (tertiary/aromatic N) is 2. The van der Waals surface area contributed by atoms with Crippen molar-refractivity contribution in [2.24, 2.45) is 0 Å². The molecule has 1 aromatic heterocycles. The zero-order valence-corrected chi connectivity index (χ0v) is 17.5. The molecule has 0 saturated carbocycles. The van der Waals surface area contributed by atoms with Gasteiger partial charge in [-0.3, -0.25) is 4.79 Å². The van der Waals surface area contributed by atoms with Gasteiger partial charge in [0.1, 0.15) is 24.7 Å². The van der Waals surface area contributed by atoms with Gasteiger partial charge in [0.15, 0.2) is 0 Å². The molecule has 0 saturated heterocycles. The summed E-state index contributed by atoms with van der Waals surface area (Å²) in [5.41, 5.74) is 5.85. The SMILES string of the molecule is Cc1cccc(OCc2nc3ccccc3n2CC(=O)Nc2c(C)cccc2C)c1. The van der Waals surface area contributed by atoms with E-state index in [1.807, 2.05) is 92.1 Å². The van der Waals surface area contributed by atoms with E-state index in [-0.39, 0.29) is 19.1 Å². The Morgan fingerprint density at radius 3 is 2.47 bits per heavy atom. The fourth-order valence-corrected chi connectivity index (χ4v) is 3.60. The number of imidazole rings is 1. The van der Waals surface area contributed by atoms with Crippen LogP contribution < -0.4 is 10.1 Å². The molecule has 0 aliphatic rings. The second kappa shape index (κ2) is 8.41. The Morgan fingerprint density at radius 2 is 1.70 bits per heavy atom. The van der Waals surface area contributed by atoms with Crippen molar-refractivity contribution < 1.29 is 9.53 Å². The largest absolute Gasteiger partial charge is 0.486 e. The monoisotopic (exact) mass is 399 g/mol. The van der Waals surface area contributed by atoms with Crippen LogP contribution >= 0.6 is 0 Å². The van der Waals surface area contributed by atoms with Gasteiger partial charge < -0.3 is 14.6 Å². The van der Waals surface area contributed by atoms with E-state index in [1.165, 1.54) is 0 Å². The standard InChI is InChI=1S/C25H25N3O2/c1-17-8-6-11-20(14-17)30-16-23-26-21-12-4-5-13-22(21)28(23)15-24(29)27-25-18(2)9-7-10-19(25)3/h4-14H,15-16H2,1-3H3,(H,27,29). The van der Waals surface area contributed by atoms with Gasteiger partial charge in [0.05, 0.1) is 11.0 Å². The van der Waals surface area contributed by atoms with Gasteiger partial charge in [0, 0.05) is 5.69 Å². The van der Waals surface area contributed by atoms with Gasteiger partial charge in [-0.05, 0) is 61.7 Å². The smallest absolute Gasteiger partial charge is 0.244 e. The van der Waals surface area contributed by atoms with E-state index in [0.717, 1.165) is 45.0 Å². The summed E-state index contributed by atoms with van der Waals surface area (Å²) in [6.45, 7) is 6.47. The van der Waals surface area contributed by atoms with E-state index in [4.69, 9.17) is 9.72 Å². The molecule has 1 amide bonds. The predicted molar refractivity (Wildman–Crippen MR) is 120 cm³/mol. The van der Waals surface area contributed by atoms with Gasteiger partial charge in [0.2, 0.25) is 5.91 Å². The number of carbonyl (C=O) groups excluding carboxylic acids is 1. The van der Waals surface area contributed by atoms with E-state index in [0.29, 0.717) is 0 Å². The Labute approximate surface area is 176 Å². The highest BCUT2D eigenvalue weighted by atomic mass is 16.5. The summed E-state index contributed by atoms with van der Waals surface area (Å²) in [5.74, 6) is 1.41. The van der Waals surface area contributed by atoms with Crippen LogP contribution in [0.15, 0.2) is 66.7 Å². The first-order valence-corrected chi connectivity index (χ1v) is 10.0. The van der Waals surface area contributed by atoms with Crippen molar-refractivity contribution in [2.75, 3.05) is 5.32 Å². The molecule has 4 aromatic rings. The first-order chi connectivity index (χ1) is 14.5. The lowest BCUT2D eigenvalue weighted by atomic mass is 10.1. The van der Waals surface area contributed by atoms with Gasteiger partial charge in [-0.1, -0.05) is 42.5 Å². The van der Waals surface area contributed by atoms with Crippen LogP contribution in [0.3, 0.4) is 0 Å². The molecular formula is C25H25N3O2. The molecule has 0 atom stereocenters. The van der Waals surface area contributed by atoms with Crippen molar-refractivity contribution >= 4 is 22.6 Å². The molecule has 0 radical (unpaired) electrons. The minimum Gasteiger partial charge on any atom is -0.486 e. The normalized spacial score (nSPS) is 10.9. The van der Waals surface area contributed by atoms with Crippen molar-refractivity contribution in [1.29, 1.82) is 0 Å². The third kappa shape index (κ3) is 4.20. The molecule has 5 heteroatoms. The summed E-state index contributed by atoms with van der Waals surface area (Å²) >= 11 is 0. The molecule has 0 aliphatic carbocycles. The second-order valence-corrected chi connectivity index (χ2v) is 7.52. The number of aryl methyl sites for hydroxylation is 3. The minimum absolute atomic E-state index is 0.0904. The maximum Gasteiger partial charge on any atom is 0.244 e. The quantitative estimate of drug-likeness (QED) is 0.486. The number of hydrogen-bond donors (Lipinski definition) is 1. The van der Waals surface area contributed by atoms with E-state index in [2.05, 4.69) is 5.32 Å². The maximum absolute atomic E-state index is 12.9. The van der Waals surface area contributed by atoms with Crippen LogP contribution in [0.2, 0.25) is 0 Å². The van der Waals surface area contributed by atoms with Crippen LogP contribution in [0.5, 0.6) is 5.75 Å². The number of carbonyl (C=O) groups is 1. The van der Waals surface area contributed by atoms with Crippen molar-refractivity contribution in [3.63, 3.8) is 0 Å². The fourth-order valence-electron chi connectivity index (χ4n) is 3.60. The van der Waals surface area contributed by atoms with Crippen LogP contribution in [-0.2, 0) is 17.9 Å². The van der Waals surface area contributed by atoms with Gasteiger partial charge in [-0.25, -0.2) is 4.98 Å². The van der Waals surface area contributed by atoms with Gasteiger partial charge in [-0.2, -0.15) is 0 Å². The van der Waals surface area contributed by atoms with Crippen LogP contribution in [0, 0.1) is 20.8 Å². The zero-order valence-electron chi connectivity index (χ0n) is 17.5. The minimum atomic E-state index is -0.0904. The summed E-state index contributed by atoms with van der Waals surface area (Å²) in [4.78, 5) is 17.6. The summed E-state index contributed by atoms with van der Waals surface area (Å²) in [6.07, 6.45) is 0. The van der Waals surface area contributed by atoms with Crippen LogP contribution in [0.1, 0.15) is 22.5 Å². The average Bonchev–Trinajstić information content (AvgIpc) is 3.07. The van der Waals surface area contributed by atoms with E-state index < -0.39 is 0 Å². The summed E-state index contributed by atoms with van der Waals surface area (Å²) < 4.78 is 7.89. The fraction of sp³-hybridized carbons (Fsp3) is 0.200. The lowest BCUT2D eigenvalue weighted by molar-refractivity contribution is -0.116. The highest BCUT2D eigenvalue weighted by molar-refractivity contribution is 5.93. The highest BCUT2D eigenvalue weighted by Crippen LogP contribution is 2.22. The van der Waals surface area contributed by atoms with E-state index >= 15 is 0 Å². The highest BCUT2D eigenvalue weighted by Gasteiger charge is 2.15. The third-order valence-corrected chi connectivity index (χ3v) is 5.14.